The molecule has 1 aromatic carbocycles. The molecule has 0 aromatic heterocycles. The Morgan fingerprint density at radius 3 is 2.40 bits per heavy atom. The number of hydrogen-bond acceptors (Lipinski definition) is 3. The predicted octanol–water partition coefficient (Wildman–Crippen LogP) is 2.67. The molecule has 0 bridgehead atoms. The third-order valence-electron chi connectivity index (χ3n) is 4.15. The van der Waals surface area contributed by atoms with Crippen molar-refractivity contribution < 1.29 is 13.2 Å². The fraction of sp³-hybridized carbons (Fsp3) is 0.571. The van der Waals surface area contributed by atoms with Gasteiger partial charge in [-0.05, 0) is 24.1 Å². The first kappa shape index (κ1) is 15.9. The lowest BCUT2D eigenvalue weighted by Crippen LogP contribution is -2.61. The molecule has 1 saturated carbocycles. The van der Waals surface area contributed by atoms with Crippen LogP contribution in [0.25, 0.3) is 0 Å². The quantitative estimate of drug-likeness (QED) is 0.820. The summed E-state index contributed by atoms with van der Waals surface area (Å²) in [5.74, 6) is 0. The summed E-state index contributed by atoms with van der Waals surface area (Å²) >= 11 is 3.34. The van der Waals surface area contributed by atoms with Crippen LogP contribution in [0.5, 0.6) is 0 Å². The Kier molecular flexibility index (Phi) is 4.59. The zero-order valence-electron chi connectivity index (χ0n) is 11.9. The van der Waals surface area contributed by atoms with Crippen molar-refractivity contribution in [1.29, 1.82) is 0 Å². The molecule has 6 heteroatoms. The summed E-state index contributed by atoms with van der Waals surface area (Å²) < 4.78 is 32.8. The predicted molar refractivity (Wildman–Crippen MR) is 82.4 cm³/mol. The molecule has 1 N–H and O–H groups in total. The highest BCUT2D eigenvalue weighted by molar-refractivity contribution is 9.08. The van der Waals surface area contributed by atoms with Crippen molar-refractivity contribution in [2.75, 3.05) is 7.11 Å². The van der Waals surface area contributed by atoms with Gasteiger partial charge in [0.25, 0.3) is 0 Å². The molecule has 0 radical (unpaired) electrons. The highest BCUT2D eigenvalue weighted by atomic mass is 79.9. The van der Waals surface area contributed by atoms with Crippen LogP contribution in [-0.4, -0.2) is 27.7 Å². The molecule has 2 atom stereocenters. The molecule has 1 fully saturated rings. The summed E-state index contributed by atoms with van der Waals surface area (Å²) in [6, 6.07) is 6.81. The minimum atomic E-state index is -3.47. The van der Waals surface area contributed by atoms with E-state index < -0.39 is 10.0 Å². The number of halogens is 1. The molecule has 0 amide bonds. The molecule has 1 aromatic rings. The van der Waals surface area contributed by atoms with Gasteiger partial charge in [0.2, 0.25) is 10.0 Å². The molecule has 2 rings (SSSR count). The third kappa shape index (κ3) is 2.93. The number of rotatable bonds is 5. The molecule has 20 heavy (non-hydrogen) atoms. The zero-order chi connectivity index (χ0) is 15.0. The number of benzene rings is 1. The number of sulfonamides is 1. The van der Waals surface area contributed by atoms with Crippen molar-refractivity contribution in [2.45, 2.75) is 42.6 Å². The largest absolute Gasteiger partial charge is 0.381 e. The molecule has 2 unspecified atom stereocenters. The van der Waals surface area contributed by atoms with Crippen molar-refractivity contribution in [1.82, 2.24) is 4.72 Å². The fourth-order valence-electron chi connectivity index (χ4n) is 2.50. The monoisotopic (exact) mass is 361 g/mol. The highest BCUT2D eigenvalue weighted by Gasteiger charge is 2.50. The molecule has 0 aliphatic heterocycles. The van der Waals surface area contributed by atoms with Crippen LogP contribution < -0.4 is 4.72 Å². The zero-order valence-corrected chi connectivity index (χ0v) is 14.3. The second-order valence-electron chi connectivity index (χ2n) is 5.73. The Bertz CT molecular complexity index is 569. The van der Waals surface area contributed by atoms with E-state index in [0.717, 1.165) is 5.56 Å². The van der Waals surface area contributed by atoms with Gasteiger partial charge in [0, 0.05) is 23.9 Å². The van der Waals surface area contributed by atoms with Gasteiger partial charge in [-0.3, -0.25) is 0 Å². The van der Waals surface area contributed by atoms with Gasteiger partial charge in [0.05, 0.1) is 11.0 Å². The van der Waals surface area contributed by atoms with Crippen LogP contribution in [0.1, 0.15) is 25.8 Å². The molecular weight excluding hydrogens is 342 g/mol. The maximum Gasteiger partial charge on any atom is 0.240 e. The van der Waals surface area contributed by atoms with E-state index >= 15 is 0 Å². The minimum Gasteiger partial charge on any atom is -0.381 e. The molecule has 0 spiro atoms. The molecule has 1 aliphatic carbocycles. The molecule has 1 aliphatic rings. The van der Waals surface area contributed by atoms with Gasteiger partial charge in [0.15, 0.2) is 0 Å². The lowest BCUT2D eigenvalue weighted by molar-refractivity contribution is -0.0908. The Balaban J connectivity index is 2.12. The summed E-state index contributed by atoms with van der Waals surface area (Å²) in [7, 11) is -1.81. The number of ether oxygens (including phenoxy) is 1. The van der Waals surface area contributed by atoms with E-state index in [9.17, 15) is 8.42 Å². The van der Waals surface area contributed by atoms with E-state index in [2.05, 4.69) is 20.7 Å². The van der Waals surface area contributed by atoms with E-state index in [-0.39, 0.29) is 17.6 Å². The van der Waals surface area contributed by atoms with Gasteiger partial charge in [-0.2, -0.15) is 0 Å². The summed E-state index contributed by atoms with van der Waals surface area (Å²) in [4.78, 5) is 0.305. The number of hydrogen-bond donors (Lipinski definition) is 1. The van der Waals surface area contributed by atoms with E-state index in [1.165, 1.54) is 0 Å². The number of nitrogens with one attached hydrogen (secondary N) is 1. The number of methoxy groups -OCH3 is 1. The van der Waals surface area contributed by atoms with Crippen LogP contribution in [0, 0.1) is 5.41 Å². The topological polar surface area (TPSA) is 55.4 Å². The van der Waals surface area contributed by atoms with Gasteiger partial charge in [-0.1, -0.05) is 41.9 Å². The van der Waals surface area contributed by atoms with Crippen LogP contribution in [0.15, 0.2) is 29.2 Å². The maximum absolute atomic E-state index is 12.4. The normalized spacial score (nSPS) is 25.2. The lowest BCUT2D eigenvalue weighted by atomic mass is 9.65. The lowest BCUT2D eigenvalue weighted by Gasteiger charge is -2.50. The van der Waals surface area contributed by atoms with Gasteiger partial charge in [-0.15, -0.1) is 0 Å². The van der Waals surface area contributed by atoms with Crippen molar-refractivity contribution in [2.24, 2.45) is 5.41 Å². The smallest absolute Gasteiger partial charge is 0.240 e. The molecule has 4 nitrogen and oxygen atoms in total. The Morgan fingerprint density at radius 2 is 1.95 bits per heavy atom. The van der Waals surface area contributed by atoms with E-state index in [1.807, 2.05) is 26.0 Å². The van der Waals surface area contributed by atoms with Crippen LogP contribution in [0.3, 0.4) is 0 Å². The maximum atomic E-state index is 12.4. The van der Waals surface area contributed by atoms with Gasteiger partial charge in [-0.25, -0.2) is 13.1 Å². The summed E-state index contributed by atoms with van der Waals surface area (Å²) in [5, 5.41) is 0.714. The summed E-state index contributed by atoms with van der Waals surface area (Å²) in [6.45, 7) is 4.04. The van der Waals surface area contributed by atoms with Crippen LogP contribution >= 0.6 is 15.9 Å². The number of alkyl halides is 1. The Morgan fingerprint density at radius 1 is 1.35 bits per heavy atom. The molecule has 0 saturated heterocycles. The first-order chi connectivity index (χ1) is 9.31. The molecular formula is C14H20BrNO3S. The Hall–Kier alpha value is -0.430. The van der Waals surface area contributed by atoms with E-state index in [1.54, 1.807) is 19.2 Å². The minimum absolute atomic E-state index is 0.0895. The van der Waals surface area contributed by atoms with Crippen LogP contribution in [-0.2, 0) is 20.1 Å². The first-order valence-electron chi connectivity index (χ1n) is 6.51. The SMILES string of the molecule is COC1CC(NS(=O)(=O)c2ccc(CBr)cc2)C1(C)C. The molecule has 112 valence electrons. The standard InChI is InChI=1S/C14H20BrNO3S/c1-14(2)12(8-13(14)19-3)16-20(17,18)11-6-4-10(9-15)5-7-11/h4-7,12-13,16H,8-9H2,1-3H3. The average molecular weight is 362 g/mol. The summed E-state index contributed by atoms with van der Waals surface area (Å²) in [6.07, 6.45) is 0.813. The van der Waals surface area contributed by atoms with Gasteiger partial charge >= 0.3 is 0 Å². The van der Waals surface area contributed by atoms with Crippen molar-refractivity contribution in [3.05, 3.63) is 29.8 Å². The molecule has 0 heterocycles. The highest BCUT2D eigenvalue weighted by Crippen LogP contribution is 2.43. The van der Waals surface area contributed by atoms with Crippen LogP contribution in [0.4, 0.5) is 0 Å². The van der Waals surface area contributed by atoms with Gasteiger partial charge in [0.1, 0.15) is 0 Å². The summed E-state index contributed by atoms with van der Waals surface area (Å²) in [5.41, 5.74) is 0.866. The second kappa shape index (κ2) is 5.75. The third-order valence-corrected chi connectivity index (χ3v) is 6.28. The average Bonchev–Trinajstić information content (AvgIpc) is 2.43. The fourth-order valence-corrected chi connectivity index (χ4v) is 4.28. The Labute approximate surface area is 129 Å². The van der Waals surface area contributed by atoms with Gasteiger partial charge < -0.3 is 4.74 Å². The van der Waals surface area contributed by atoms with E-state index in [4.69, 9.17) is 4.74 Å². The van der Waals surface area contributed by atoms with Crippen molar-refractivity contribution in [3.63, 3.8) is 0 Å². The van der Waals surface area contributed by atoms with Crippen molar-refractivity contribution in [3.8, 4) is 0 Å². The first-order valence-corrected chi connectivity index (χ1v) is 9.11. The van der Waals surface area contributed by atoms with Crippen molar-refractivity contribution >= 4 is 26.0 Å². The van der Waals surface area contributed by atoms with E-state index in [0.29, 0.717) is 16.6 Å². The van der Waals surface area contributed by atoms with Crippen LogP contribution in [0.2, 0.25) is 0 Å². The second-order valence-corrected chi connectivity index (χ2v) is 8.01.